The van der Waals surface area contributed by atoms with Gasteiger partial charge in [0.15, 0.2) is 4.77 Å². The first kappa shape index (κ1) is 12.2. The van der Waals surface area contributed by atoms with Crippen LogP contribution in [0.3, 0.4) is 0 Å². The Morgan fingerprint density at radius 2 is 2.11 bits per heavy atom. The number of hydrogen-bond acceptors (Lipinski definition) is 1. The Labute approximate surface area is 117 Å². The quantitative estimate of drug-likeness (QED) is 0.773. The number of imidazole rings is 1. The summed E-state index contributed by atoms with van der Waals surface area (Å²) >= 11 is 11.6. The van der Waals surface area contributed by atoms with Gasteiger partial charge in [0, 0.05) is 6.54 Å². The number of hydrogen-bond donors (Lipinski definition) is 1. The van der Waals surface area contributed by atoms with Crippen molar-refractivity contribution in [1.82, 2.24) is 9.55 Å². The minimum atomic E-state index is 0.385. The van der Waals surface area contributed by atoms with Crippen LogP contribution in [-0.2, 0) is 6.54 Å². The fourth-order valence-electron chi connectivity index (χ4n) is 3.07. The molecule has 4 heteroatoms. The molecule has 1 aromatic carbocycles. The molecule has 1 heterocycles. The highest BCUT2D eigenvalue weighted by molar-refractivity contribution is 7.71. The smallest absolute Gasteiger partial charge is 0.178 e. The molecular formula is C14H17ClN2S. The monoisotopic (exact) mass is 280 g/mol. The summed E-state index contributed by atoms with van der Waals surface area (Å²) in [5.74, 6) is 0. The number of para-hydroxylation sites is 1. The van der Waals surface area contributed by atoms with Gasteiger partial charge in [-0.2, -0.15) is 0 Å². The van der Waals surface area contributed by atoms with Crippen molar-refractivity contribution >= 4 is 34.9 Å². The van der Waals surface area contributed by atoms with Gasteiger partial charge in [0.05, 0.1) is 16.1 Å². The number of nitrogens with zero attached hydrogens (tertiary/aromatic N) is 1. The van der Waals surface area contributed by atoms with Crippen LogP contribution in [0, 0.1) is 10.2 Å². The van der Waals surface area contributed by atoms with Crippen LogP contribution >= 0.6 is 23.8 Å². The minimum absolute atomic E-state index is 0.385. The molecule has 0 bridgehead atoms. The van der Waals surface area contributed by atoms with Crippen molar-refractivity contribution in [3.63, 3.8) is 0 Å². The van der Waals surface area contributed by atoms with Crippen LogP contribution in [-0.4, -0.2) is 9.55 Å². The Balaban J connectivity index is 2.09. The summed E-state index contributed by atoms with van der Waals surface area (Å²) in [6.45, 7) is 3.36. The zero-order valence-corrected chi connectivity index (χ0v) is 12.1. The standard InChI is InChI=1S/C14H17ClN2S/c1-14(7-2-3-8-14)9-17-11-6-4-5-10(15)12(11)16-13(17)18/h4-6H,2-3,7-9H2,1H3,(H,16,18). The fourth-order valence-corrected chi connectivity index (χ4v) is 3.55. The number of H-pyrrole nitrogens is 1. The largest absolute Gasteiger partial charge is 0.329 e. The topological polar surface area (TPSA) is 20.7 Å². The van der Waals surface area contributed by atoms with Crippen molar-refractivity contribution in [2.75, 3.05) is 0 Å². The van der Waals surface area contributed by atoms with Crippen molar-refractivity contribution < 1.29 is 0 Å². The van der Waals surface area contributed by atoms with Crippen molar-refractivity contribution in [2.45, 2.75) is 39.2 Å². The average Bonchev–Trinajstić information content (AvgIpc) is 2.88. The van der Waals surface area contributed by atoms with E-state index in [1.165, 1.54) is 25.7 Å². The summed E-state index contributed by atoms with van der Waals surface area (Å²) < 4.78 is 2.99. The maximum Gasteiger partial charge on any atom is 0.178 e. The van der Waals surface area contributed by atoms with E-state index in [0.29, 0.717) is 5.41 Å². The van der Waals surface area contributed by atoms with Gasteiger partial charge in [-0.15, -0.1) is 0 Å². The first-order valence-electron chi connectivity index (χ1n) is 6.46. The van der Waals surface area contributed by atoms with Gasteiger partial charge in [-0.25, -0.2) is 0 Å². The molecule has 1 N–H and O–H groups in total. The number of benzene rings is 1. The van der Waals surface area contributed by atoms with E-state index in [9.17, 15) is 0 Å². The van der Waals surface area contributed by atoms with E-state index in [1.54, 1.807) is 0 Å². The summed E-state index contributed by atoms with van der Waals surface area (Å²) in [5.41, 5.74) is 2.47. The Hall–Kier alpha value is -0.800. The minimum Gasteiger partial charge on any atom is -0.329 e. The number of rotatable bonds is 2. The summed E-state index contributed by atoms with van der Waals surface area (Å²) in [7, 11) is 0. The van der Waals surface area contributed by atoms with Gasteiger partial charge in [-0.05, 0) is 42.6 Å². The highest BCUT2D eigenvalue weighted by Gasteiger charge is 2.29. The van der Waals surface area contributed by atoms with E-state index in [2.05, 4.69) is 22.5 Å². The van der Waals surface area contributed by atoms with E-state index in [4.69, 9.17) is 23.8 Å². The van der Waals surface area contributed by atoms with E-state index < -0.39 is 0 Å². The van der Waals surface area contributed by atoms with Crippen molar-refractivity contribution in [3.8, 4) is 0 Å². The number of halogens is 1. The van der Waals surface area contributed by atoms with E-state index in [-0.39, 0.29) is 0 Å². The van der Waals surface area contributed by atoms with Crippen LogP contribution < -0.4 is 0 Å². The molecule has 1 saturated carbocycles. The number of aromatic nitrogens is 2. The molecule has 0 spiro atoms. The van der Waals surface area contributed by atoms with Gasteiger partial charge in [0.1, 0.15) is 0 Å². The van der Waals surface area contributed by atoms with Crippen molar-refractivity contribution in [3.05, 3.63) is 28.0 Å². The maximum atomic E-state index is 6.20. The van der Waals surface area contributed by atoms with Gasteiger partial charge >= 0.3 is 0 Å². The van der Waals surface area contributed by atoms with Crippen LogP contribution in [0.5, 0.6) is 0 Å². The average molecular weight is 281 g/mol. The molecule has 0 radical (unpaired) electrons. The van der Waals surface area contributed by atoms with Gasteiger partial charge in [-0.3, -0.25) is 0 Å². The van der Waals surface area contributed by atoms with Crippen LogP contribution in [0.1, 0.15) is 32.6 Å². The highest BCUT2D eigenvalue weighted by Crippen LogP contribution is 2.39. The molecule has 1 fully saturated rings. The highest BCUT2D eigenvalue weighted by atomic mass is 35.5. The number of nitrogens with one attached hydrogen (secondary N) is 1. The molecule has 3 rings (SSSR count). The van der Waals surface area contributed by atoms with E-state index in [0.717, 1.165) is 27.4 Å². The Bertz CT molecular complexity index is 635. The molecule has 0 atom stereocenters. The SMILES string of the molecule is CC1(Cn2c(=S)[nH]c3c(Cl)cccc32)CCCC1. The Morgan fingerprint density at radius 1 is 1.39 bits per heavy atom. The van der Waals surface area contributed by atoms with Gasteiger partial charge in [-0.1, -0.05) is 37.4 Å². The first-order chi connectivity index (χ1) is 8.59. The molecule has 1 aliphatic rings. The zero-order chi connectivity index (χ0) is 12.8. The lowest BCUT2D eigenvalue weighted by Gasteiger charge is -2.24. The molecule has 0 aliphatic heterocycles. The van der Waals surface area contributed by atoms with Crippen LogP contribution in [0.25, 0.3) is 11.0 Å². The van der Waals surface area contributed by atoms with E-state index >= 15 is 0 Å². The molecule has 96 valence electrons. The predicted molar refractivity (Wildman–Crippen MR) is 78.7 cm³/mol. The van der Waals surface area contributed by atoms with Crippen molar-refractivity contribution in [1.29, 1.82) is 0 Å². The van der Waals surface area contributed by atoms with Gasteiger partial charge in [0.25, 0.3) is 0 Å². The van der Waals surface area contributed by atoms with E-state index in [1.807, 2.05) is 12.1 Å². The van der Waals surface area contributed by atoms with Crippen LogP contribution in [0.15, 0.2) is 18.2 Å². The summed E-state index contributed by atoms with van der Waals surface area (Å²) in [6.07, 6.45) is 5.27. The fraction of sp³-hybridized carbons (Fsp3) is 0.500. The second-order valence-electron chi connectivity index (χ2n) is 5.67. The third-order valence-corrected chi connectivity index (χ3v) is 4.75. The molecule has 2 nitrogen and oxygen atoms in total. The normalized spacial score (nSPS) is 18.6. The van der Waals surface area contributed by atoms with Crippen LogP contribution in [0.4, 0.5) is 0 Å². The first-order valence-corrected chi connectivity index (χ1v) is 7.25. The Kier molecular flexibility index (Phi) is 2.99. The second kappa shape index (κ2) is 4.39. The summed E-state index contributed by atoms with van der Waals surface area (Å²) in [4.78, 5) is 3.23. The lowest BCUT2D eigenvalue weighted by Crippen LogP contribution is -2.19. The van der Waals surface area contributed by atoms with Crippen LogP contribution in [0.2, 0.25) is 5.02 Å². The summed E-state index contributed by atoms with van der Waals surface area (Å²) in [5, 5.41) is 0.744. The number of aromatic amines is 1. The maximum absolute atomic E-state index is 6.20. The lowest BCUT2D eigenvalue weighted by atomic mass is 9.89. The van der Waals surface area contributed by atoms with Gasteiger partial charge < -0.3 is 9.55 Å². The second-order valence-corrected chi connectivity index (χ2v) is 6.46. The third kappa shape index (κ3) is 1.99. The molecule has 1 aliphatic carbocycles. The summed E-state index contributed by atoms with van der Waals surface area (Å²) in [6, 6.07) is 5.98. The molecule has 0 unspecified atom stereocenters. The van der Waals surface area contributed by atoms with Gasteiger partial charge in [0.2, 0.25) is 0 Å². The molecule has 0 saturated heterocycles. The van der Waals surface area contributed by atoms with Crippen molar-refractivity contribution in [2.24, 2.45) is 5.41 Å². The predicted octanol–water partition coefficient (Wildman–Crippen LogP) is 4.93. The lowest BCUT2D eigenvalue weighted by molar-refractivity contribution is 0.284. The molecule has 18 heavy (non-hydrogen) atoms. The molecule has 2 aromatic rings. The molecule has 1 aromatic heterocycles. The number of fused-ring (bicyclic) bond motifs is 1. The molecular weight excluding hydrogens is 264 g/mol. The zero-order valence-electron chi connectivity index (χ0n) is 10.5. The third-order valence-electron chi connectivity index (χ3n) is 4.11. The Morgan fingerprint density at radius 3 is 2.83 bits per heavy atom. The molecule has 0 amide bonds.